The third-order valence-corrected chi connectivity index (χ3v) is 9.42. The number of hydrogen-bond acceptors (Lipinski definition) is 12. The molecule has 3 amide bonds. The molecule has 15 nitrogen and oxygen atoms in total. The molecule has 3 aliphatic heterocycles. The van der Waals surface area contributed by atoms with Gasteiger partial charge in [0.25, 0.3) is 0 Å². The number of carbonyl (C=O) groups excluding carboxylic acids is 4. The fourth-order valence-electron chi connectivity index (χ4n) is 6.56. The van der Waals surface area contributed by atoms with Gasteiger partial charge in [0, 0.05) is 46.4 Å². The van der Waals surface area contributed by atoms with Crippen LogP contribution in [0.25, 0.3) is 0 Å². The third-order valence-electron chi connectivity index (χ3n) is 9.42. The van der Waals surface area contributed by atoms with Crippen LogP contribution >= 0.6 is 0 Å². The molecule has 0 spiro atoms. The van der Waals surface area contributed by atoms with Gasteiger partial charge in [-0.1, -0.05) is 0 Å². The van der Waals surface area contributed by atoms with Crippen molar-refractivity contribution in [2.24, 2.45) is 0 Å². The topological polar surface area (TPSA) is 166 Å². The molecule has 3 aromatic heterocycles. The maximum atomic E-state index is 12.4. The van der Waals surface area contributed by atoms with Crippen molar-refractivity contribution in [1.82, 2.24) is 35.6 Å². The first-order valence-electron chi connectivity index (χ1n) is 17.7. The predicted octanol–water partition coefficient (Wildman–Crippen LogP) is 1.57. The van der Waals surface area contributed by atoms with E-state index in [0.717, 1.165) is 67.1 Å². The van der Waals surface area contributed by atoms with E-state index in [9.17, 15) is 19.2 Å². The van der Waals surface area contributed by atoms with Crippen LogP contribution in [-0.4, -0.2) is 138 Å². The van der Waals surface area contributed by atoms with Gasteiger partial charge in [0.1, 0.15) is 41.2 Å². The standard InChI is InChI=1S/C13H21N3O2.C12H18N2O3.C12H16N2O3/c1-14-11-12-10(5-9-18-12)4-6-16(13(11)17)8-7-15(2)3;1-13-10-11-9(4-7-17-11)3-5-14(12(10)15)6-8-16-2;1-8(15)7-14-5-3-9-4-6-17-11(9)10(13-2)12(14)16/h5,9,11,14H,4,6-8H2,1-3H3;4,7,10,13H,3,5-6,8H2,1-2H3;4,6,10,13H,3,5,7H2,1-2H3. The number of carbonyl (C=O) groups is 4. The van der Waals surface area contributed by atoms with Crippen LogP contribution in [0.15, 0.2) is 50.2 Å². The van der Waals surface area contributed by atoms with Crippen LogP contribution in [-0.2, 0) is 43.2 Å². The SMILES string of the molecule is CNC1C(=O)N(CC(C)=O)CCc2ccoc21.CNC1C(=O)N(CCN(C)C)CCc2ccoc21.CNC1C(=O)N(CCOC)CCc2ccoc21. The molecule has 286 valence electrons. The monoisotopic (exact) mass is 725 g/mol. The molecule has 0 radical (unpaired) electrons. The Bertz CT molecular complexity index is 1610. The normalized spacial score (nSPS) is 20.1. The minimum absolute atomic E-state index is 0.00766. The fourth-order valence-corrected chi connectivity index (χ4v) is 6.56. The number of hydrogen-bond donors (Lipinski definition) is 3. The smallest absolute Gasteiger partial charge is 0.247 e. The Morgan fingerprint density at radius 1 is 0.712 bits per heavy atom. The zero-order valence-electron chi connectivity index (χ0n) is 31.5. The van der Waals surface area contributed by atoms with Gasteiger partial charge >= 0.3 is 0 Å². The average Bonchev–Trinajstić information content (AvgIpc) is 3.86. The quantitative estimate of drug-likeness (QED) is 0.262. The number of ketones is 1. The van der Waals surface area contributed by atoms with Gasteiger partial charge in [-0.05, 0) is 96.3 Å². The summed E-state index contributed by atoms with van der Waals surface area (Å²) in [5, 5.41) is 9.01. The van der Waals surface area contributed by atoms with E-state index in [1.807, 2.05) is 42.1 Å². The second kappa shape index (κ2) is 19.5. The van der Waals surface area contributed by atoms with E-state index in [-0.39, 0.29) is 42.1 Å². The Morgan fingerprint density at radius 2 is 1.10 bits per heavy atom. The number of ether oxygens (including phenoxy) is 1. The molecule has 6 heterocycles. The summed E-state index contributed by atoms with van der Waals surface area (Å²) >= 11 is 0. The molecule has 3 N–H and O–H groups in total. The lowest BCUT2D eigenvalue weighted by molar-refractivity contribution is -0.136. The van der Waals surface area contributed by atoms with Crippen molar-refractivity contribution in [1.29, 1.82) is 0 Å². The molecule has 6 rings (SSSR count). The van der Waals surface area contributed by atoms with Gasteiger partial charge in [0.15, 0.2) is 0 Å². The summed E-state index contributed by atoms with van der Waals surface area (Å²) < 4.78 is 21.3. The first-order valence-corrected chi connectivity index (χ1v) is 17.7. The fraction of sp³-hybridized carbons (Fsp3) is 0.568. The van der Waals surface area contributed by atoms with E-state index in [2.05, 4.69) is 20.9 Å². The number of rotatable bonds is 11. The largest absolute Gasteiger partial charge is 0.467 e. The van der Waals surface area contributed by atoms with Crippen molar-refractivity contribution >= 4 is 23.5 Å². The maximum absolute atomic E-state index is 12.4. The highest BCUT2D eigenvalue weighted by Gasteiger charge is 2.34. The zero-order valence-corrected chi connectivity index (χ0v) is 31.5. The van der Waals surface area contributed by atoms with Crippen molar-refractivity contribution in [3.63, 3.8) is 0 Å². The van der Waals surface area contributed by atoms with Crippen molar-refractivity contribution in [2.75, 3.05) is 94.8 Å². The van der Waals surface area contributed by atoms with E-state index in [0.29, 0.717) is 32.0 Å². The van der Waals surface area contributed by atoms with Gasteiger partial charge in [-0.3, -0.25) is 19.2 Å². The number of fused-ring (bicyclic) bond motifs is 3. The minimum Gasteiger partial charge on any atom is -0.467 e. The molecule has 0 aliphatic carbocycles. The molecule has 3 atom stereocenters. The predicted molar refractivity (Wildman–Crippen MR) is 193 cm³/mol. The highest BCUT2D eigenvalue weighted by molar-refractivity contribution is 5.88. The molecular weight excluding hydrogens is 670 g/mol. The Kier molecular flexibility index (Phi) is 15.2. The summed E-state index contributed by atoms with van der Waals surface area (Å²) in [7, 11) is 11.0. The summed E-state index contributed by atoms with van der Waals surface area (Å²) in [6, 6.07) is 4.57. The van der Waals surface area contributed by atoms with Gasteiger partial charge in [-0.15, -0.1) is 0 Å². The van der Waals surface area contributed by atoms with Crippen molar-refractivity contribution in [2.45, 2.75) is 44.3 Å². The summed E-state index contributed by atoms with van der Waals surface area (Å²) in [6.07, 6.45) is 7.33. The molecule has 15 heteroatoms. The molecule has 0 saturated carbocycles. The van der Waals surface area contributed by atoms with E-state index >= 15 is 0 Å². The molecule has 0 saturated heterocycles. The number of methoxy groups -OCH3 is 1. The Balaban J connectivity index is 0.000000175. The summed E-state index contributed by atoms with van der Waals surface area (Å²) in [6.45, 7) is 6.51. The first kappa shape index (κ1) is 40.5. The molecule has 0 bridgehead atoms. The Hall–Kier alpha value is -4.28. The highest BCUT2D eigenvalue weighted by atomic mass is 16.5. The molecule has 52 heavy (non-hydrogen) atoms. The van der Waals surface area contributed by atoms with Crippen LogP contribution in [0.5, 0.6) is 0 Å². The lowest BCUT2D eigenvalue weighted by Crippen LogP contribution is -2.42. The van der Waals surface area contributed by atoms with E-state index in [4.69, 9.17) is 18.0 Å². The Labute approximate surface area is 305 Å². The van der Waals surface area contributed by atoms with Gasteiger partial charge in [-0.25, -0.2) is 0 Å². The van der Waals surface area contributed by atoms with E-state index < -0.39 is 6.04 Å². The molecular formula is C37H55N7O8. The number of amides is 3. The van der Waals surface area contributed by atoms with E-state index in [1.165, 1.54) is 6.92 Å². The van der Waals surface area contributed by atoms with Crippen LogP contribution in [0.2, 0.25) is 0 Å². The van der Waals surface area contributed by atoms with Crippen LogP contribution in [0.3, 0.4) is 0 Å². The average molecular weight is 726 g/mol. The second-order valence-corrected chi connectivity index (χ2v) is 13.3. The van der Waals surface area contributed by atoms with Gasteiger partial charge in [-0.2, -0.15) is 0 Å². The Morgan fingerprint density at radius 3 is 1.46 bits per heavy atom. The molecule has 3 aromatic rings. The number of likely N-dealkylation sites (N-methyl/N-ethyl adjacent to an activating group) is 4. The number of Topliss-reactive ketones (excluding diaryl/α,β-unsaturated/α-hetero) is 1. The number of furan rings is 3. The van der Waals surface area contributed by atoms with Crippen LogP contribution in [0.1, 0.15) is 59.0 Å². The van der Waals surface area contributed by atoms with Crippen LogP contribution in [0, 0.1) is 0 Å². The highest BCUT2D eigenvalue weighted by Crippen LogP contribution is 2.27. The summed E-state index contributed by atoms with van der Waals surface area (Å²) in [4.78, 5) is 55.5. The van der Waals surface area contributed by atoms with Crippen LogP contribution < -0.4 is 16.0 Å². The number of nitrogens with one attached hydrogen (secondary N) is 3. The maximum Gasteiger partial charge on any atom is 0.247 e. The second-order valence-electron chi connectivity index (χ2n) is 13.3. The van der Waals surface area contributed by atoms with Gasteiger partial charge in [0.2, 0.25) is 17.7 Å². The van der Waals surface area contributed by atoms with Crippen molar-refractivity contribution in [3.05, 3.63) is 71.0 Å². The molecule has 3 unspecified atom stereocenters. The van der Waals surface area contributed by atoms with E-state index in [1.54, 1.807) is 51.9 Å². The third kappa shape index (κ3) is 9.98. The lowest BCUT2D eigenvalue weighted by Gasteiger charge is -2.25. The lowest BCUT2D eigenvalue weighted by atomic mass is 10.1. The molecule has 0 fully saturated rings. The summed E-state index contributed by atoms with van der Waals surface area (Å²) in [5.41, 5.74) is 3.27. The zero-order chi connectivity index (χ0) is 37.8. The van der Waals surface area contributed by atoms with Crippen LogP contribution in [0.4, 0.5) is 0 Å². The minimum atomic E-state index is -0.484. The molecule has 0 aromatic carbocycles. The van der Waals surface area contributed by atoms with Gasteiger partial charge < -0.3 is 53.5 Å². The molecule has 3 aliphatic rings. The van der Waals surface area contributed by atoms with Gasteiger partial charge in [0.05, 0.1) is 31.9 Å². The first-order chi connectivity index (χ1) is 25.0. The number of nitrogens with zero attached hydrogens (tertiary/aromatic N) is 4. The summed E-state index contributed by atoms with van der Waals surface area (Å²) in [5.74, 6) is 2.24. The van der Waals surface area contributed by atoms with Crippen molar-refractivity contribution in [3.8, 4) is 0 Å². The van der Waals surface area contributed by atoms with Crippen molar-refractivity contribution < 1.29 is 37.2 Å².